The molecular formula is C14H25N3O. The SMILES string of the molecule is Cc1nn(C)c(C)c1C(C)NCC1(O)CCCC1. The second-order valence-electron chi connectivity index (χ2n) is 5.74. The van der Waals surface area contributed by atoms with Gasteiger partial charge < -0.3 is 10.4 Å². The van der Waals surface area contributed by atoms with Gasteiger partial charge in [0.05, 0.1) is 11.3 Å². The highest BCUT2D eigenvalue weighted by Gasteiger charge is 2.31. The highest BCUT2D eigenvalue weighted by molar-refractivity contribution is 5.27. The van der Waals surface area contributed by atoms with Crippen LogP contribution in [-0.4, -0.2) is 27.0 Å². The van der Waals surface area contributed by atoms with E-state index in [1.54, 1.807) is 0 Å². The van der Waals surface area contributed by atoms with Crippen molar-refractivity contribution in [2.75, 3.05) is 6.54 Å². The third kappa shape index (κ3) is 2.59. The van der Waals surface area contributed by atoms with E-state index in [0.717, 1.165) is 31.4 Å². The van der Waals surface area contributed by atoms with E-state index in [2.05, 4.69) is 24.3 Å². The van der Waals surface area contributed by atoms with E-state index in [4.69, 9.17) is 0 Å². The third-order valence-corrected chi connectivity index (χ3v) is 4.27. The van der Waals surface area contributed by atoms with Crippen LogP contribution in [-0.2, 0) is 7.05 Å². The molecule has 2 rings (SSSR count). The molecule has 1 unspecified atom stereocenters. The summed E-state index contributed by atoms with van der Waals surface area (Å²) in [4.78, 5) is 0. The summed E-state index contributed by atoms with van der Waals surface area (Å²) in [6.45, 7) is 6.97. The monoisotopic (exact) mass is 251 g/mol. The van der Waals surface area contributed by atoms with Crippen LogP contribution >= 0.6 is 0 Å². The molecule has 0 aromatic carbocycles. The lowest BCUT2D eigenvalue weighted by Gasteiger charge is -2.25. The molecule has 4 heteroatoms. The molecule has 0 radical (unpaired) electrons. The number of aliphatic hydroxyl groups is 1. The third-order valence-electron chi connectivity index (χ3n) is 4.27. The Balaban J connectivity index is 2.01. The number of aryl methyl sites for hydroxylation is 2. The van der Waals surface area contributed by atoms with Crippen LogP contribution in [0.4, 0.5) is 0 Å². The van der Waals surface area contributed by atoms with Gasteiger partial charge >= 0.3 is 0 Å². The van der Waals surface area contributed by atoms with Gasteiger partial charge in [-0.2, -0.15) is 5.10 Å². The fourth-order valence-corrected chi connectivity index (χ4v) is 3.07. The first-order valence-corrected chi connectivity index (χ1v) is 6.89. The van der Waals surface area contributed by atoms with Crippen molar-refractivity contribution in [3.05, 3.63) is 17.0 Å². The molecule has 1 aromatic rings. The summed E-state index contributed by atoms with van der Waals surface area (Å²) in [5.41, 5.74) is 3.05. The Labute approximate surface area is 109 Å². The molecule has 1 aromatic heterocycles. The van der Waals surface area contributed by atoms with Gasteiger partial charge in [-0.1, -0.05) is 12.8 Å². The Bertz CT molecular complexity index is 419. The second-order valence-corrected chi connectivity index (χ2v) is 5.74. The smallest absolute Gasteiger partial charge is 0.0771 e. The van der Waals surface area contributed by atoms with E-state index >= 15 is 0 Å². The van der Waals surface area contributed by atoms with E-state index < -0.39 is 5.60 Å². The molecular weight excluding hydrogens is 226 g/mol. The Hall–Kier alpha value is -0.870. The van der Waals surface area contributed by atoms with Crippen LogP contribution in [0.5, 0.6) is 0 Å². The van der Waals surface area contributed by atoms with E-state index in [-0.39, 0.29) is 6.04 Å². The minimum atomic E-state index is -0.488. The number of rotatable bonds is 4. The normalized spacial score (nSPS) is 20.3. The minimum absolute atomic E-state index is 0.239. The summed E-state index contributed by atoms with van der Waals surface area (Å²) >= 11 is 0. The predicted octanol–water partition coefficient (Wildman–Crippen LogP) is 1.99. The number of aromatic nitrogens is 2. The molecule has 2 N–H and O–H groups in total. The van der Waals surface area contributed by atoms with Gasteiger partial charge in [0.25, 0.3) is 0 Å². The number of nitrogens with zero attached hydrogens (tertiary/aromatic N) is 2. The first-order valence-electron chi connectivity index (χ1n) is 6.89. The van der Waals surface area contributed by atoms with Crippen molar-refractivity contribution in [2.24, 2.45) is 7.05 Å². The molecule has 1 atom stereocenters. The van der Waals surface area contributed by atoms with Crippen molar-refractivity contribution in [1.82, 2.24) is 15.1 Å². The fraction of sp³-hybridized carbons (Fsp3) is 0.786. The molecule has 1 aliphatic carbocycles. The first-order chi connectivity index (χ1) is 8.43. The molecule has 0 bridgehead atoms. The van der Waals surface area contributed by atoms with Gasteiger partial charge in [0, 0.05) is 30.9 Å². The average Bonchev–Trinajstić information content (AvgIpc) is 2.83. The zero-order valence-electron chi connectivity index (χ0n) is 12.0. The summed E-state index contributed by atoms with van der Waals surface area (Å²) < 4.78 is 1.92. The maximum atomic E-state index is 10.3. The zero-order chi connectivity index (χ0) is 13.3. The topological polar surface area (TPSA) is 50.1 Å². The highest BCUT2D eigenvalue weighted by atomic mass is 16.3. The van der Waals surface area contributed by atoms with Crippen LogP contribution in [0.1, 0.15) is 55.6 Å². The van der Waals surface area contributed by atoms with E-state index in [0.29, 0.717) is 6.54 Å². The van der Waals surface area contributed by atoms with Crippen LogP contribution in [0.2, 0.25) is 0 Å². The van der Waals surface area contributed by atoms with Gasteiger partial charge in [-0.3, -0.25) is 4.68 Å². The van der Waals surface area contributed by atoms with Crippen LogP contribution < -0.4 is 5.32 Å². The summed E-state index contributed by atoms with van der Waals surface area (Å²) in [5.74, 6) is 0. The highest BCUT2D eigenvalue weighted by Crippen LogP contribution is 2.29. The maximum absolute atomic E-state index is 10.3. The number of hydrogen-bond donors (Lipinski definition) is 2. The fourth-order valence-electron chi connectivity index (χ4n) is 3.07. The van der Waals surface area contributed by atoms with Crippen molar-refractivity contribution in [1.29, 1.82) is 0 Å². The first kappa shape index (κ1) is 13.6. The van der Waals surface area contributed by atoms with Crippen molar-refractivity contribution in [3.8, 4) is 0 Å². The standard InChI is InChI=1S/C14H25N3O/c1-10(13-11(2)16-17(4)12(13)3)15-9-14(18)7-5-6-8-14/h10,15,18H,5-9H2,1-4H3. The molecule has 0 amide bonds. The van der Waals surface area contributed by atoms with Crippen LogP contribution in [0.15, 0.2) is 0 Å². The van der Waals surface area contributed by atoms with Crippen molar-refractivity contribution >= 4 is 0 Å². The van der Waals surface area contributed by atoms with Crippen molar-refractivity contribution in [3.63, 3.8) is 0 Å². The van der Waals surface area contributed by atoms with Crippen LogP contribution in [0.25, 0.3) is 0 Å². The summed E-state index contributed by atoms with van der Waals surface area (Å²) in [5, 5.41) is 18.3. The van der Waals surface area contributed by atoms with Crippen LogP contribution in [0, 0.1) is 13.8 Å². The molecule has 1 heterocycles. The molecule has 1 aliphatic rings. The van der Waals surface area contributed by atoms with Crippen LogP contribution in [0.3, 0.4) is 0 Å². The molecule has 18 heavy (non-hydrogen) atoms. The summed E-state index contributed by atoms with van der Waals surface area (Å²) in [6.07, 6.45) is 4.16. The number of hydrogen-bond acceptors (Lipinski definition) is 3. The second kappa shape index (κ2) is 5.02. The lowest BCUT2D eigenvalue weighted by Crippen LogP contribution is -2.39. The van der Waals surface area contributed by atoms with Gasteiger partial charge in [0.1, 0.15) is 0 Å². The Morgan fingerprint density at radius 1 is 1.39 bits per heavy atom. The van der Waals surface area contributed by atoms with Gasteiger partial charge in [-0.25, -0.2) is 0 Å². The van der Waals surface area contributed by atoms with Crippen molar-refractivity contribution < 1.29 is 5.11 Å². The molecule has 1 fully saturated rings. The Morgan fingerprint density at radius 3 is 2.50 bits per heavy atom. The summed E-state index contributed by atoms with van der Waals surface area (Å²) in [6, 6.07) is 0.239. The largest absolute Gasteiger partial charge is 0.389 e. The van der Waals surface area contributed by atoms with E-state index in [1.165, 1.54) is 11.3 Å². The van der Waals surface area contributed by atoms with Gasteiger partial charge in [0.15, 0.2) is 0 Å². The summed E-state index contributed by atoms with van der Waals surface area (Å²) in [7, 11) is 1.98. The predicted molar refractivity (Wildman–Crippen MR) is 72.5 cm³/mol. The maximum Gasteiger partial charge on any atom is 0.0771 e. The van der Waals surface area contributed by atoms with Gasteiger partial charge in [-0.15, -0.1) is 0 Å². The van der Waals surface area contributed by atoms with Gasteiger partial charge in [-0.05, 0) is 33.6 Å². The van der Waals surface area contributed by atoms with E-state index in [1.807, 2.05) is 18.7 Å². The Morgan fingerprint density at radius 2 is 2.00 bits per heavy atom. The number of nitrogens with one attached hydrogen (secondary N) is 1. The van der Waals surface area contributed by atoms with Crippen molar-refractivity contribution in [2.45, 2.75) is 58.1 Å². The Kier molecular flexibility index (Phi) is 3.78. The lowest BCUT2D eigenvalue weighted by atomic mass is 10.0. The molecule has 0 saturated heterocycles. The quantitative estimate of drug-likeness (QED) is 0.860. The minimum Gasteiger partial charge on any atom is -0.389 e. The molecule has 1 saturated carbocycles. The molecule has 0 spiro atoms. The molecule has 4 nitrogen and oxygen atoms in total. The molecule has 102 valence electrons. The zero-order valence-corrected chi connectivity index (χ0v) is 12.0. The molecule has 0 aliphatic heterocycles. The average molecular weight is 251 g/mol. The van der Waals surface area contributed by atoms with E-state index in [9.17, 15) is 5.11 Å². The lowest BCUT2D eigenvalue weighted by molar-refractivity contribution is 0.0453. The van der Waals surface area contributed by atoms with Gasteiger partial charge in [0.2, 0.25) is 0 Å².